The van der Waals surface area contributed by atoms with E-state index in [0.717, 1.165) is 25.2 Å². The second-order valence-electron chi connectivity index (χ2n) is 4.87. The minimum Gasteiger partial charge on any atom is -0.102 e. The molecule has 0 atom stereocenters. The highest BCUT2D eigenvalue weighted by Crippen LogP contribution is 2.14. The minimum atomic E-state index is 0.884. The molecule has 0 aliphatic carbocycles. The van der Waals surface area contributed by atoms with E-state index in [1.165, 1.54) is 17.6 Å². The van der Waals surface area contributed by atoms with Gasteiger partial charge in [-0.15, -0.1) is 5.92 Å². The number of hydrogen-bond acceptors (Lipinski definition) is 0. The van der Waals surface area contributed by atoms with Gasteiger partial charge in [-0.3, -0.25) is 0 Å². The van der Waals surface area contributed by atoms with Crippen molar-refractivity contribution in [2.24, 2.45) is 5.92 Å². The molecule has 0 nitrogen and oxygen atoms in total. The topological polar surface area (TPSA) is 0 Å². The Morgan fingerprint density at radius 2 is 1.50 bits per heavy atom. The van der Waals surface area contributed by atoms with Gasteiger partial charge in [-0.05, 0) is 51.5 Å². The molecular formula is C22H44. The summed E-state index contributed by atoms with van der Waals surface area (Å²) in [7, 11) is 0. The van der Waals surface area contributed by atoms with E-state index in [2.05, 4.69) is 65.5 Å². The van der Waals surface area contributed by atoms with Crippen molar-refractivity contribution in [3.05, 3.63) is 23.3 Å². The van der Waals surface area contributed by atoms with Crippen molar-refractivity contribution in [3.63, 3.8) is 0 Å². The Bertz CT molecular complexity index is 292. The average molecular weight is 309 g/mol. The van der Waals surface area contributed by atoms with Crippen LogP contribution < -0.4 is 0 Å². The molecule has 0 saturated heterocycles. The van der Waals surface area contributed by atoms with E-state index >= 15 is 0 Å². The first-order chi connectivity index (χ1) is 10.5. The maximum absolute atomic E-state index is 3.13. The summed E-state index contributed by atoms with van der Waals surface area (Å²) in [6, 6.07) is 0. The standard InChI is InChI=1S/C13H20.C5H12.2C2H6/c1-5-8-9-11-13(7-3)12(4)10-6-2;1-4-5(2)3;2*1-2/h5,8H,7,9,11H2,1-4H3;5H,4H2,1-3H3;2*1-2H3/b8-5-,13-12+;;;. The number of rotatable bonds is 5. The summed E-state index contributed by atoms with van der Waals surface area (Å²) < 4.78 is 0. The van der Waals surface area contributed by atoms with E-state index in [9.17, 15) is 0 Å². The molecule has 0 spiro atoms. The first kappa shape index (κ1) is 29.1. The normalized spacial score (nSPS) is 10.0. The zero-order valence-corrected chi connectivity index (χ0v) is 17.6. The van der Waals surface area contributed by atoms with Crippen LogP contribution in [0, 0.1) is 17.8 Å². The van der Waals surface area contributed by atoms with Gasteiger partial charge in [0.05, 0.1) is 0 Å². The molecule has 22 heavy (non-hydrogen) atoms. The molecule has 0 heterocycles. The monoisotopic (exact) mass is 308 g/mol. The maximum Gasteiger partial charge on any atom is -0.00189 e. The van der Waals surface area contributed by atoms with Crippen LogP contribution in [-0.4, -0.2) is 0 Å². The van der Waals surface area contributed by atoms with E-state index < -0.39 is 0 Å². The van der Waals surface area contributed by atoms with Crippen molar-refractivity contribution in [2.75, 3.05) is 0 Å². The molecule has 0 aliphatic heterocycles. The second kappa shape index (κ2) is 28.2. The Morgan fingerprint density at radius 3 is 1.77 bits per heavy atom. The predicted octanol–water partition coefficient (Wildman–Crippen LogP) is 8.20. The van der Waals surface area contributed by atoms with Crippen LogP contribution in [0.3, 0.4) is 0 Å². The molecule has 132 valence electrons. The van der Waals surface area contributed by atoms with Gasteiger partial charge >= 0.3 is 0 Å². The summed E-state index contributed by atoms with van der Waals surface area (Å²) in [5, 5.41) is 0. The van der Waals surface area contributed by atoms with Crippen LogP contribution in [0.15, 0.2) is 23.3 Å². The molecule has 0 bridgehead atoms. The van der Waals surface area contributed by atoms with Crippen LogP contribution in [-0.2, 0) is 0 Å². The maximum atomic E-state index is 3.13. The summed E-state index contributed by atoms with van der Waals surface area (Å²) >= 11 is 0. The van der Waals surface area contributed by atoms with Gasteiger partial charge in [0, 0.05) is 0 Å². The van der Waals surface area contributed by atoms with Crippen LogP contribution >= 0.6 is 0 Å². The van der Waals surface area contributed by atoms with E-state index in [1.807, 2.05) is 34.6 Å². The summed E-state index contributed by atoms with van der Waals surface area (Å²) in [6.07, 6.45) is 9.04. The molecule has 0 aromatic carbocycles. The van der Waals surface area contributed by atoms with E-state index in [1.54, 1.807) is 0 Å². The van der Waals surface area contributed by atoms with Gasteiger partial charge in [0.25, 0.3) is 0 Å². The third kappa shape index (κ3) is 27.4. The zero-order valence-electron chi connectivity index (χ0n) is 17.6. The molecule has 0 aromatic rings. The fraction of sp³-hybridized carbons (Fsp3) is 0.727. The van der Waals surface area contributed by atoms with Gasteiger partial charge in [-0.1, -0.05) is 85.5 Å². The molecule has 0 aliphatic rings. The Balaban J connectivity index is -0.000000150. The molecule has 0 N–H and O–H groups in total. The van der Waals surface area contributed by atoms with Crippen molar-refractivity contribution in [1.29, 1.82) is 0 Å². The van der Waals surface area contributed by atoms with Crippen molar-refractivity contribution in [3.8, 4) is 11.8 Å². The first-order valence-electron chi connectivity index (χ1n) is 9.25. The lowest BCUT2D eigenvalue weighted by Crippen LogP contribution is -1.85. The third-order valence-corrected chi connectivity index (χ3v) is 2.93. The largest absolute Gasteiger partial charge is 0.102 e. The fourth-order valence-electron chi connectivity index (χ4n) is 1.33. The lowest BCUT2D eigenvalue weighted by molar-refractivity contribution is 0.626. The Kier molecular flexibility index (Phi) is 37.4. The lowest BCUT2D eigenvalue weighted by Gasteiger charge is -2.03. The van der Waals surface area contributed by atoms with Crippen LogP contribution in [0.5, 0.6) is 0 Å². The number of hydrogen-bond donors (Lipinski definition) is 0. The number of allylic oxidation sites excluding steroid dienone is 4. The van der Waals surface area contributed by atoms with Crippen molar-refractivity contribution in [2.45, 2.75) is 102 Å². The highest BCUT2D eigenvalue weighted by atomic mass is 14.0. The fourth-order valence-corrected chi connectivity index (χ4v) is 1.33. The van der Waals surface area contributed by atoms with Gasteiger partial charge in [0.1, 0.15) is 0 Å². The smallest absolute Gasteiger partial charge is 0.00189 e. The molecule has 0 saturated carbocycles. The summed E-state index contributed by atoms with van der Waals surface area (Å²) in [4.78, 5) is 0. The van der Waals surface area contributed by atoms with Crippen LogP contribution in [0.25, 0.3) is 0 Å². The lowest BCUT2D eigenvalue weighted by atomic mass is 10.0. The highest BCUT2D eigenvalue weighted by Gasteiger charge is 1.96. The second-order valence-corrected chi connectivity index (χ2v) is 4.87. The molecule has 0 fully saturated rings. The van der Waals surface area contributed by atoms with E-state index in [0.29, 0.717) is 0 Å². The molecule has 0 amide bonds. The molecule has 0 rings (SSSR count). The third-order valence-electron chi connectivity index (χ3n) is 2.93. The van der Waals surface area contributed by atoms with Crippen molar-refractivity contribution < 1.29 is 0 Å². The Morgan fingerprint density at radius 1 is 1.05 bits per heavy atom. The summed E-state index contributed by atoms with van der Waals surface area (Å²) in [5.74, 6) is 6.96. The van der Waals surface area contributed by atoms with Crippen molar-refractivity contribution >= 4 is 0 Å². The van der Waals surface area contributed by atoms with Crippen LogP contribution in [0.1, 0.15) is 102 Å². The van der Waals surface area contributed by atoms with E-state index in [4.69, 9.17) is 0 Å². The Labute approximate surface area is 143 Å². The minimum absolute atomic E-state index is 0.884. The quantitative estimate of drug-likeness (QED) is 0.354. The van der Waals surface area contributed by atoms with Gasteiger partial charge < -0.3 is 0 Å². The van der Waals surface area contributed by atoms with Gasteiger partial charge in [0.2, 0.25) is 0 Å². The van der Waals surface area contributed by atoms with Gasteiger partial charge in [-0.2, -0.15) is 0 Å². The first-order valence-corrected chi connectivity index (χ1v) is 9.25. The molecule has 0 unspecified atom stereocenters. The predicted molar refractivity (Wildman–Crippen MR) is 108 cm³/mol. The molecule has 0 radical (unpaired) electrons. The van der Waals surface area contributed by atoms with Crippen LogP contribution in [0.4, 0.5) is 0 Å². The summed E-state index contributed by atoms with van der Waals surface area (Å²) in [6.45, 7) is 22.9. The van der Waals surface area contributed by atoms with Crippen LogP contribution in [0.2, 0.25) is 0 Å². The van der Waals surface area contributed by atoms with Gasteiger partial charge in [-0.25, -0.2) is 0 Å². The van der Waals surface area contributed by atoms with Gasteiger partial charge in [0.15, 0.2) is 0 Å². The molecule has 0 aromatic heterocycles. The van der Waals surface area contributed by atoms with Crippen molar-refractivity contribution in [1.82, 2.24) is 0 Å². The Hall–Kier alpha value is -0.960. The highest BCUT2D eigenvalue weighted by molar-refractivity contribution is 5.31. The SMILES string of the molecule is CC.CC.CC#C/C(C)=C(\CC)CC/C=C\C.CCC(C)C. The molecular weight excluding hydrogens is 264 g/mol. The molecule has 0 heteroatoms. The average Bonchev–Trinajstić information content (AvgIpc) is 2.56. The zero-order chi connectivity index (χ0) is 18.4. The van der Waals surface area contributed by atoms with E-state index in [-0.39, 0.29) is 0 Å². The summed E-state index contributed by atoms with van der Waals surface area (Å²) in [5.41, 5.74) is 2.75.